The van der Waals surface area contributed by atoms with Crippen LogP contribution in [0.25, 0.3) is 0 Å². The number of carbonyl (C=O) groups excluding carboxylic acids is 1. The lowest BCUT2D eigenvalue weighted by Crippen LogP contribution is -2.48. The number of hydrogen-bond donors (Lipinski definition) is 1. The van der Waals surface area contributed by atoms with Gasteiger partial charge >= 0.3 is 0 Å². The van der Waals surface area contributed by atoms with Crippen LogP contribution in [0.2, 0.25) is 5.02 Å². The standard InChI is InChI=1S/C22H24ClN5OS/c23-19-8-6-17(7-9-19)16-20-25-22(30-26-20)28-14-12-27(13-15-28)11-10-24-21(29)18-4-2-1-3-5-18/h1-9H,10-16H2,(H,24,29). The van der Waals surface area contributed by atoms with E-state index in [0.29, 0.717) is 12.1 Å². The number of halogens is 1. The van der Waals surface area contributed by atoms with Gasteiger partial charge in [-0.25, -0.2) is 4.98 Å². The number of benzene rings is 2. The topological polar surface area (TPSA) is 61.4 Å². The fourth-order valence-electron chi connectivity index (χ4n) is 3.41. The van der Waals surface area contributed by atoms with Gasteiger partial charge in [-0.3, -0.25) is 9.69 Å². The van der Waals surface area contributed by atoms with Crippen molar-refractivity contribution in [2.45, 2.75) is 6.42 Å². The highest BCUT2D eigenvalue weighted by atomic mass is 35.5. The average Bonchev–Trinajstić information content (AvgIpc) is 3.25. The van der Waals surface area contributed by atoms with E-state index in [2.05, 4.69) is 19.5 Å². The van der Waals surface area contributed by atoms with Crippen molar-refractivity contribution in [1.82, 2.24) is 19.6 Å². The number of rotatable bonds is 7. The van der Waals surface area contributed by atoms with E-state index in [4.69, 9.17) is 16.6 Å². The number of anilines is 1. The van der Waals surface area contributed by atoms with Gasteiger partial charge in [-0.15, -0.1) is 0 Å². The van der Waals surface area contributed by atoms with Gasteiger partial charge in [0.2, 0.25) is 5.13 Å². The minimum absolute atomic E-state index is 0.0173. The molecule has 1 fully saturated rings. The summed E-state index contributed by atoms with van der Waals surface area (Å²) in [5.74, 6) is 0.833. The second kappa shape index (κ2) is 10.0. The quantitative estimate of drug-likeness (QED) is 0.609. The number of hydrogen-bond acceptors (Lipinski definition) is 6. The molecule has 0 spiro atoms. The summed E-state index contributed by atoms with van der Waals surface area (Å²) < 4.78 is 4.52. The molecule has 1 aromatic heterocycles. The largest absolute Gasteiger partial charge is 0.351 e. The van der Waals surface area contributed by atoms with Crippen LogP contribution in [0.15, 0.2) is 54.6 Å². The van der Waals surface area contributed by atoms with Crippen molar-refractivity contribution in [2.75, 3.05) is 44.2 Å². The number of amides is 1. The smallest absolute Gasteiger partial charge is 0.251 e. The molecule has 30 heavy (non-hydrogen) atoms. The maximum atomic E-state index is 12.1. The molecule has 0 saturated carbocycles. The molecule has 0 atom stereocenters. The molecule has 0 bridgehead atoms. The molecule has 4 rings (SSSR count). The van der Waals surface area contributed by atoms with Gasteiger partial charge in [-0.1, -0.05) is 41.9 Å². The Morgan fingerprint density at radius 3 is 2.50 bits per heavy atom. The van der Waals surface area contributed by atoms with Crippen molar-refractivity contribution < 1.29 is 4.79 Å². The van der Waals surface area contributed by atoms with Crippen molar-refractivity contribution in [3.63, 3.8) is 0 Å². The van der Waals surface area contributed by atoms with E-state index in [1.54, 1.807) is 0 Å². The molecule has 6 nitrogen and oxygen atoms in total. The molecule has 1 N–H and O–H groups in total. The van der Waals surface area contributed by atoms with Crippen molar-refractivity contribution >= 4 is 34.2 Å². The third-order valence-corrected chi connectivity index (χ3v) is 6.19. The summed E-state index contributed by atoms with van der Waals surface area (Å²) in [6.45, 7) is 5.24. The van der Waals surface area contributed by atoms with Crippen molar-refractivity contribution in [3.8, 4) is 0 Å². The van der Waals surface area contributed by atoms with Crippen LogP contribution >= 0.6 is 23.1 Å². The Morgan fingerprint density at radius 1 is 1.03 bits per heavy atom. The molecule has 1 aliphatic heterocycles. The summed E-state index contributed by atoms with van der Waals surface area (Å²) in [4.78, 5) is 21.5. The first-order valence-electron chi connectivity index (χ1n) is 10.0. The third kappa shape index (κ3) is 5.56. The molecule has 0 unspecified atom stereocenters. The first kappa shape index (κ1) is 20.8. The van der Waals surface area contributed by atoms with Gasteiger partial charge in [-0.05, 0) is 29.8 Å². The Hall–Kier alpha value is -2.48. The normalized spacial score (nSPS) is 14.6. The Bertz CT molecular complexity index is 955. The van der Waals surface area contributed by atoms with Crippen LogP contribution in [0.3, 0.4) is 0 Å². The summed E-state index contributed by atoms with van der Waals surface area (Å²) in [5.41, 5.74) is 1.86. The fraction of sp³-hybridized carbons (Fsp3) is 0.318. The van der Waals surface area contributed by atoms with E-state index in [0.717, 1.165) is 60.7 Å². The predicted molar refractivity (Wildman–Crippen MR) is 122 cm³/mol. The monoisotopic (exact) mass is 441 g/mol. The molecular formula is C22H24ClN5OS. The molecule has 0 radical (unpaired) electrons. The van der Waals surface area contributed by atoms with E-state index in [1.807, 2.05) is 54.6 Å². The molecule has 156 valence electrons. The van der Waals surface area contributed by atoms with Crippen molar-refractivity contribution in [1.29, 1.82) is 0 Å². The Morgan fingerprint density at radius 2 is 1.77 bits per heavy atom. The average molecular weight is 442 g/mol. The van der Waals surface area contributed by atoms with E-state index in [9.17, 15) is 4.79 Å². The first-order chi connectivity index (χ1) is 14.7. The van der Waals surface area contributed by atoms with Gasteiger partial charge < -0.3 is 10.2 Å². The van der Waals surface area contributed by atoms with Crippen molar-refractivity contribution in [2.24, 2.45) is 0 Å². The van der Waals surface area contributed by atoms with Crippen LogP contribution in [0.1, 0.15) is 21.7 Å². The zero-order valence-corrected chi connectivity index (χ0v) is 18.2. The number of aromatic nitrogens is 2. The number of nitrogens with zero attached hydrogens (tertiary/aromatic N) is 4. The molecular weight excluding hydrogens is 418 g/mol. The summed E-state index contributed by atoms with van der Waals surface area (Å²) in [5, 5.41) is 4.72. The fourth-order valence-corrected chi connectivity index (χ4v) is 4.27. The van der Waals surface area contributed by atoms with Crippen LogP contribution < -0.4 is 10.2 Å². The molecule has 2 aromatic carbocycles. The molecule has 1 aliphatic rings. The summed E-state index contributed by atoms with van der Waals surface area (Å²) in [6.07, 6.45) is 0.717. The molecule has 8 heteroatoms. The van der Waals surface area contributed by atoms with Crippen LogP contribution in [0.5, 0.6) is 0 Å². The van der Waals surface area contributed by atoms with E-state index in [1.165, 1.54) is 11.5 Å². The highest BCUT2D eigenvalue weighted by molar-refractivity contribution is 7.09. The highest BCUT2D eigenvalue weighted by Crippen LogP contribution is 2.21. The minimum Gasteiger partial charge on any atom is -0.351 e. The maximum absolute atomic E-state index is 12.1. The second-order valence-corrected chi connectivity index (χ2v) is 8.41. The number of carbonyl (C=O) groups is 1. The van der Waals surface area contributed by atoms with Crippen molar-refractivity contribution in [3.05, 3.63) is 76.6 Å². The summed E-state index contributed by atoms with van der Waals surface area (Å²) in [7, 11) is 0. The lowest BCUT2D eigenvalue weighted by atomic mass is 10.1. The zero-order valence-electron chi connectivity index (χ0n) is 16.6. The van der Waals surface area contributed by atoms with Gasteiger partial charge in [0.25, 0.3) is 5.91 Å². The Kier molecular flexibility index (Phi) is 6.94. The van der Waals surface area contributed by atoms with E-state index >= 15 is 0 Å². The number of piperazine rings is 1. The van der Waals surface area contributed by atoms with Crippen LogP contribution in [-0.2, 0) is 6.42 Å². The van der Waals surface area contributed by atoms with Gasteiger partial charge in [0.05, 0.1) is 0 Å². The van der Waals surface area contributed by atoms with Crippen LogP contribution in [-0.4, -0.2) is 59.4 Å². The SMILES string of the molecule is O=C(NCCN1CCN(c2nc(Cc3ccc(Cl)cc3)ns2)CC1)c1ccccc1. The lowest BCUT2D eigenvalue weighted by molar-refractivity contribution is 0.0948. The van der Waals surface area contributed by atoms with Gasteiger partial charge in [-0.2, -0.15) is 4.37 Å². The zero-order chi connectivity index (χ0) is 20.8. The van der Waals surface area contributed by atoms with E-state index in [-0.39, 0.29) is 5.91 Å². The lowest BCUT2D eigenvalue weighted by Gasteiger charge is -2.34. The third-order valence-electron chi connectivity index (χ3n) is 5.13. The van der Waals surface area contributed by atoms with Gasteiger partial charge in [0, 0.05) is 67.8 Å². The van der Waals surface area contributed by atoms with Gasteiger partial charge in [0.15, 0.2) is 0 Å². The summed E-state index contributed by atoms with van der Waals surface area (Å²) >= 11 is 7.41. The second-order valence-electron chi connectivity index (χ2n) is 7.25. The molecule has 1 saturated heterocycles. The predicted octanol–water partition coefficient (Wildman–Crippen LogP) is 3.33. The minimum atomic E-state index is -0.0173. The Balaban J connectivity index is 1.20. The van der Waals surface area contributed by atoms with Crippen LogP contribution in [0.4, 0.5) is 5.13 Å². The summed E-state index contributed by atoms with van der Waals surface area (Å²) in [6, 6.07) is 17.1. The molecule has 2 heterocycles. The molecule has 3 aromatic rings. The van der Waals surface area contributed by atoms with E-state index < -0.39 is 0 Å². The number of nitrogens with one attached hydrogen (secondary N) is 1. The maximum Gasteiger partial charge on any atom is 0.251 e. The van der Waals surface area contributed by atoms with Gasteiger partial charge in [0.1, 0.15) is 5.82 Å². The molecule has 0 aliphatic carbocycles. The van der Waals surface area contributed by atoms with Crippen LogP contribution in [0, 0.1) is 0 Å². The highest BCUT2D eigenvalue weighted by Gasteiger charge is 2.20. The first-order valence-corrected chi connectivity index (χ1v) is 11.2. The Labute approximate surface area is 185 Å². The molecule has 1 amide bonds.